The lowest BCUT2D eigenvalue weighted by Gasteiger charge is -2.15. The van der Waals surface area contributed by atoms with Crippen molar-refractivity contribution >= 4 is 5.78 Å². The third-order valence-corrected chi connectivity index (χ3v) is 2.27. The Kier molecular flexibility index (Phi) is 3.86. The van der Waals surface area contributed by atoms with E-state index >= 15 is 0 Å². The quantitative estimate of drug-likeness (QED) is 0.822. The minimum Gasteiger partial charge on any atom is -0.496 e. The lowest BCUT2D eigenvalue weighted by molar-refractivity contribution is -0.130. The van der Waals surface area contributed by atoms with Crippen LogP contribution < -0.4 is 4.74 Å². The highest BCUT2D eigenvalue weighted by molar-refractivity contribution is 5.86. The second-order valence-corrected chi connectivity index (χ2v) is 3.70. The number of carbonyl (C=O) groups excluding carboxylic acids is 1. The summed E-state index contributed by atoms with van der Waals surface area (Å²) in [5.74, 6) is 0.156. The zero-order valence-electron chi connectivity index (χ0n) is 9.23. The third-order valence-electron chi connectivity index (χ3n) is 2.27. The van der Waals surface area contributed by atoms with Crippen molar-refractivity contribution < 1.29 is 14.6 Å². The van der Waals surface area contributed by atoms with Crippen molar-refractivity contribution in [3.05, 3.63) is 29.8 Å². The van der Waals surface area contributed by atoms with Gasteiger partial charge in [0.25, 0.3) is 0 Å². The minimum absolute atomic E-state index is 0.190. The molecule has 0 saturated heterocycles. The molecule has 1 N–H and O–H groups in total. The number of ether oxygens (including phenoxy) is 1. The number of Topliss-reactive ketones (excluding diaryl/α,β-unsaturated/α-hetero) is 1. The zero-order valence-corrected chi connectivity index (χ0v) is 9.23. The lowest BCUT2D eigenvalue weighted by Crippen LogP contribution is -2.18. The largest absolute Gasteiger partial charge is 0.496 e. The van der Waals surface area contributed by atoms with Crippen LogP contribution in [0.2, 0.25) is 0 Å². The number of benzene rings is 1. The Morgan fingerprint density at radius 3 is 2.47 bits per heavy atom. The van der Waals surface area contributed by atoms with Crippen molar-refractivity contribution in [1.29, 1.82) is 0 Å². The summed E-state index contributed by atoms with van der Waals surface area (Å²) in [4.78, 5) is 11.6. The molecule has 0 aliphatic carbocycles. The number of aliphatic hydroxyl groups excluding tert-OH is 1. The van der Waals surface area contributed by atoms with Crippen molar-refractivity contribution in [2.45, 2.75) is 20.0 Å². The fourth-order valence-corrected chi connectivity index (χ4v) is 1.36. The topological polar surface area (TPSA) is 46.5 Å². The van der Waals surface area contributed by atoms with Crippen LogP contribution in [0.4, 0.5) is 0 Å². The molecule has 0 radical (unpaired) electrons. The van der Waals surface area contributed by atoms with Crippen molar-refractivity contribution in [2.75, 3.05) is 7.11 Å². The van der Waals surface area contributed by atoms with E-state index in [1.165, 1.54) is 7.11 Å². The molecule has 0 unspecified atom stereocenters. The molecule has 0 aliphatic rings. The number of para-hydroxylation sites is 1. The molecule has 0 heterocycles. The smallest absolute Gasteiger partial charge is 0.168 e. The van der Waals surface area contributed by atoms with E-state index in [4.69, 9.17) is 4.74 Å². The fourth-order valence-electron chi connectivity index (χ4n) is 1.36. The van der Waals surface area contributed by atoms with Crippen LogP contribution >= 0.6 is 0 Å². The number of hydrogen-bond acceptors (Lipinski definition) is 3. The molecule has 0 saturated carbocycles. The first-order valence-corrected chi connectivity index (χ1v) is 4.92. The molecule has 0 amide bonds. The summed E-state index contributed by atoms with van der Waals surface area (Å²) in [6.45, 7) is 3.53. The Bertz CT molecular complexity index is 344. The van der Waals surface area contributed by atoms with Crippen LogP contribution in [0.15, 0.2) is 24.3 Å². The number of rotatable bonds is 4. The summed E-state index contributed by atoms with van der Waals surface area (Å²) in [5, 5.41) is 9.84. The van der Waals surface area contributed by atoms with E-state index in [0.717, 1.165) is 0 Å². The third kappa shape index (κ3) is 2.57. The molecule has 0 aromatic heterocycles. The summed E-state index contributed by atoms with van der Waals surface area (Å²) in [7, 11) is 1.52. The molecule has 0 aliphatic heterocycles. The van der Waals surface area contributed by atoms with E-state index in [9.17, 15) is 9.90 Å². The van der Waals surface area contributed by atoms with Crippen LogP contribution in [0.25, 0.3) is 0 Å². The molecule has 3 nitrogen and oxygen atoms in total. The lowest BCUT2D eigenvalue weighted by atomic mass is 9.97. The average Bonchev–Trinajstić information content (AvgIpc) is 2.26. The molecule has 82 valence electrons. The van der Waals surface area contributed by atoms with Crippen LogP contribution in [-0.4, -0.2) is 18.0 Å². The highest BCUT2D eigenvalue weighted by Gasteiger charge is 2.22. The summed E-state index contributed by atoms with van der Waals surface area (Å²) in [5.41, 5.74) is 0.527. The molecular weight excluding hydrogens is 192 g/mol. The first kappa shape index (κ1) is 11.7. The maximum Gasteiger partial charge on any atom is 0.168 e. The predicted molar refractivity (Wildman–Crippen MR) is 57.8 cm³/mol. The zero-order chi connectivity index (χ0) is 11.4. The van der Waals surface area contributed by atoms with E-state index in [-0.39, 0.29) is 11.7 Å². The molecule has 0 bridgehead atoms. The summed E-state index contributed by atoms with van der Waals surface area (Å²) < 4.78 is 5.08. The van der Waals surface area contributed by atoms with Gasteiger partial charge in [-0.05, 0) is 6.07 Å². The van der Waals surface area contributed by atoms with E-state index in [2.05, 4.69) is 0 Å². The highest BCUT2D eigenvalue weighted by Crippen LogP contribution is 2.26. The van der Waals surface area contributed by atoms with Gasteiger partial charge < -0.3 is 9.84 Å². The number of methoxy groups -OCH3 is 1. The number of ketones is 1. The predicted octanol–water partition coefficient (Wildman–Crippen LogP) is 1.95. The van der Waals surface area contributed by atoms with Gasteiger partial charge in [0.2, 0.25) is 0 Å². The molecule has 15 heavy (non-hydrogen) atoms. The van der Waals surface area contributed by atoms with Crippen LogP contribution in [0.1, 0.15) is 25.5 Å². The molecule has 0 spiro atoms. The van der Waals surface area contributed by atoms with Crippen molar-refractivity contribution in [1.82, 2.24) is 0 Å². The summed E-state index contributed by atoms with van der Waals surface area (Å²) in [6, 6.07) is 7.00. The van der Waals surface area contributed by atoms with Gasteiger partial charge in [0.15, 0.2) is 5.78 Å². The Morgan fingerprint density at radius 1 is 1.33 bits per heavy atom. The normalized spacial score (nSPS) is 12.6. The first-order chi connectivity index (χ1) is 7.07. The molecule has 1 aromatic rings. The van der Waals surface area contributed by atoms with Crippen LogP contribution in [0.5, 0.6) is 5.75 Å². The second-order valence-electron chi connectivity index (χ2n) is 3.70. The summed E-state index contributed by atoms with van der Waals surface area (Å²) >= 11 is 0. The number of carbonyl (C=O) groups is 1. The first-order valence-electron chi connectivity index (χ1n) is 4.92. The monoisotopic (exact) mass is 208 g/mol. The van der Waals surface area contributed by atoms with Gasteiger partial charge >= 0.3 is 0 Å². The standard InChI is InChI=1S/C12H16O3/c1-8(2)11(13)12(14)9-6-4-5-7-10(9)15-3/h4-8,12,14H,1-3H3/t12-/m1/s1. The highest BCUT2D eigenvalue weighted by atomic mass is 16.5. The van der Waals surface area contributed by atoms with Gasteiger partial charge in [0.05, 0.1) is 7.11 Å². The van der Waals surface area contributed by atoms with Gasteiger partial charge in [-0.3, -0.25) is 4.79 Å². The van der Waals surface area contributed by atoms with Gasteiger partial charge in [-0.1, -0.05) is 32.0 Å². The Balaban J connectivity index is 3.00. The molecule has 1 aromatic carbocycles. The number of hydrogen-bond donors (Lipinski definition) is 1. The van der Waals surface area contributed by atoms with E-state index in [1.54, 1.807) is 38.1 Å². The van der Waals surface area contributed by atoms with Gasteiger partial charge in [-0.15, -0.1) is 0 Å². The molecule has 1 rings (SSSR count). The van der Waals surface area contributed by atoms with E-state index < -0.39 is 6.10 Å². The number of aliphatic hydroxyl groups is 1. The second kappa shape index (κ2) is 4.94. The molecule has 1 atom stereocenters. The molecular formula is C12H16O3. The Hall–Kier alpha value is -1.35. The maximum absolute atomic E-state index is 11.6. The minimum atomic E-state index is -1.10. The van der Waals surface area contributed by atoms with Gasteiger partial charge in [-0.25, -0.2) is 0 Å². The van der Waals surface area contributed by atoms with Crippen molar-refractivity contribution in [3.63, 3.8) is 0 Å². The van der Waals surface area contributed by atoms with Gasteiger partial charge in [-0.2, -0.15) is 0 Å². The summed E-state index contributed by atoms with van der Waals surface area (Å²) in [6.07, 6.45) is -1.10. The van der Waals surface area contributed by atoms with Crippen LogP contribution in [0.3, 0.4) is 0 Å². The Labute approximate surface area is 89.7 Å². The molecule has 3 heteroatoms. The average molecular weight is 208 g/mol. The molecule has 0 fully saturated rings. The van der Waals surface area contributed by atoms with E-state index in [1.807, 2.05) is 0 Å². The van der Waals surface area contributed by atoms with Gasteiger partial charge in [0.1, 0.15) is 11.9 Å². The van der Waals surface area contributed by atoms with Crippen LogP contribution in [0, 0.1) is 5.92 Å². The Morgan fingerprint density at radius 2 is 1.93 bits per heavy atom. The maximum atomic E-state index is 11.6. The van der Waals surface area contributed by atoms with Gasteiger partial charge in [0, 0.05) is 11.5 Å². The van der Waals surface area contributed by atoms with Crippen molar-refractivity contribution in [2.24, 2.45) is 5.92 Å². The van der Waals surface area contributed by atoms with E-state index in [0.29, 0.717) is 11.3 Å². The SMILES string of the molecule is COc1ccccc1[C@@H](O)C(=O)C(C)C. The fraction of sp³-hybridized carbons (Fsp3) is 0.417. The van der Waals surface area contributed by atoms with Crippen molar-refractivity contribution in [3.8, 4) is 5.75 Å². The van der Waals surface area contributed by atoms with Crippen LogP contribution in [-0.2, 0) is 4.79 Å².